The average molecular weight is 496 g/mol. The molecule has 2 heterocycles. The zero-order valence-electron chi connectivity index (χ0n) is 19.8. The average Bonchev–Trinajstić information content (AvgIpc) is 3.60. The van der Waals surface area contributed by atoms with Crippen LogP contribution in [0, 0.1) is 6.92 Å². The number of nitrogens with zero attached hydrogens (tertiary/aromatic N) is 4. The predicted molar refractivity (Wildman–Crippen MR) is 131 cm³/mol. The molecule has 1 saturated carbocycles. The molecule has 1 unspecified atom stereocenters. The molecule has 5 rings (SSSR count). The lowest BCUT2D eigenvalue weighted by Gasteiger charge is -2.37. The van der Waals surface area contributed by atoms with Crippen molar-refractivity contribution in [2.24, 2.45) is 0 Å². The second-order valence-corrected chi connectivity index (χ2v) is 10.9. The second-order valence-electron chi connectivity index (χ2n) is 9.20. The van der Waals surface area contributed by atoms with E-state index in [1.807, 2.05) is 30.3 Å². The van der Waals surface area contributed by atoms with Gasteiger partial charge in [0.25, 0.3) is 0 Å². The van der Waals surface area contributed by atoms with Gasteiger partial charge < -0.3 is 14.3 Å². The molecule has 2 aliphatic rings. The summed E-state index contributed by atoms with van der Waals surface area (Å²) in [6, 6.07) is 14.2. The van der Waals surface area contributed by atoms with E-state index in [2.05, 4.69) is 19.8 Å². The molecule has 10 heteroatoms. The van der Waals surface area contributed by atoms with Crippen LogP contribution in [0.1, 0.15) is 37.1 Å². The fourth-order valence-corrected chi connectivity index (χ4v) is 5.79. The number of rotatable bonds is 7. The van der Waals surface area contributed by atoms with Crippen molar-refractivity contribution in [1.29, 1.82) is 0 Å². The summed E-state index contributed by atoms with van der Waals surface area (Å²) in [5.74, 6) is 1.04. The lowest BCUT2D eigenvalue weighted by atomic mass is 10.1. The van der Waals surface area contributed by atoms with Crippen LogP contribution in [0.15, 0.2) is 57.9 Å². The first kappa shape index (κ1) is 23.5. The number of sulfonamides is 1. The molecule has 35 heavy (non-hydrogen) atoms. The van der Waals surface area contributed by atoms with E-state index in [4.69, 9.17) is 4.52 Å². The number of aryl methyl sites for hydroxylation is 1. The number of piperazine rings is 1. The molecule has 1 atom stereocenters. The molecule has 2 fully saturated rings. The third-order valence-corrected chi connectivity index (χ3v) is 8.20. The molecule has 0 bridgehead atoms. The molecule has 1 N–H and O–H groups in total. The van der Waals surface area contributed by atoms with Crippen LogP contribution in [0.4, 0.5) is 5.69 Å². The Kier molecular flexibility index (Phi) is 6.33. The highest BCUT2D eigenvalue weighted by molar-refractivity contribution is 7.89. The Morgan fingerprint density at radius 2 is 1.80 bits per heavy atom. The van der Waals surface area contributed by atoms with Gasteiger partial charge in [-0.2, -0.15) is 9.71 Å². The summed E-state index contributed by atoms with van der Waals surface area (Å²) in [6.07, 6.45) is 2.07. The molecule has 184 valence electrons. The Labute approximate surface area is 205 Å². The molecular weight excluding hydrogens is 466 g/mol. The first-order chi connectivity index (χ1) is 16.8. The first-order valence-electron chi connectivity index (χ1n) is 11.9. The zero-order valence-corrected chi connectivity index (χ0v) is 20.7. The fraction of sp³-hybridized carbons (Fsp3) is 0.400. The number of carbonyl (C=O) groups excluding carboxylic acids is 1. The van der Waals surface area contributed by atoms with E-state index < -0.39 is 16.1 Å². The molecule has 2 aromatic carbocycles. The summed E-state index contributed by atoms with van der Waals surface area (Å²) in [6.45, 7) is 5.78. The minimum absolute atomic E-state index is 0.0984. The summed E-state index contributed by atoms with van der Waals surface area (Å²) in [5, 5.41) is 4.01. The van der Waals surface area contributed by atoms with Gasteiger partial charge in [0.05, 0.1) is 10.9 Å². The molecule has 9 nitrogen and oxygen atoms in total. The number of para-hydroxylation sites is 1. The number of hydrogen-bond donors (Lipinski definition) is 1. The van der Waals surface area contributed by atoms with Gasteiger partial charge in [0.1, 0.15) is 0 Å². The van der Waals surface area contributed by atoms with Crippen molar-refractivity contribution in [3.05, 3.63) is 60.0 Å². The van der Waals surface area contributed by atoms with E-state index in [0.717, 1.165) is 18.5 Å². The Bertz CT molecular complexity index is 1310. The van der Waals surface area contributed by atoms with Gasteiger partial charge in [-0.3, -0.25) is 4.79 Å². The van der Waals surface area contributed by atoms with Crippen molar-refractivity contribution < 1.29 is 17.7 Å². The smallest absolute Gasteiger partial charge is 0.241 e. The van der Waals surface area contributed by atoms with Gasteiger partial charge in [-0.25, -0.2) is 8.42 Å². The third-order valence-electron chi connectivity index (χ3n) is 6.52. The molecule has 1 amide bonds. The maximum absolute atomic E-state index is 13.2. The van der Waals surface area contributed by atoms with E-state index in [-0.39, 0.29) is 10.8 Å². The number of amides is 1. The van der Waals surface area contributed by atoms with Crippen LogP contribution in [0.3, 0.4) is 0 Å². The zero-order chi connectivity index (χ0) is 24.6. The third kappa shape index (κ3) is 5.08. The Hall–Kier alpha value is -3.24. The Balaban J connectivity index is 1.25. The number of aromatic nitrogens is 2. The molecule has 1 saturated heterocycles. The quantitative estimate of drug-likeness (QED) is 0.537. The van der Waals surface area contributed by atoms with Gasteiger partial charge in [0.15, 0.2) is 0 Å². The summed E-state index contributed by atoms with van der Waals surface area (Å²) in [4.78, 5) is 21.5. The van der Waals surface area contributed by atoms with Crippen molar-refractivity contribution in [1.82, 2.24) is 19.8 Å². The van der Waals surface area contributed by atoms with Crippen LogP contribution in [0.25, 0.3) is 11.4 Å². The van der Waals surface area contributed by atoms with E-state index in [1.54, 1.807) is 30.9 Å². The molecular formula is C25H29N5O4S. The topological polar surface area (TPSA) is 109 Å². The largest absolute Gasteiger partial charge is 0.368 e. The van der Waals surface area contributed by atoms with Crippen molar-refractivity contribution in [2.45, 2.75) is 43.5 Å². The molecule has 0 spiro atoms. The standard InChI is InChI=1S/C25H29N5O4S/c1-17-8-9-20(23-26-24(34-27-23)19-10-11-19)16-22(17)35(32,33)28-18(2)25(31)30-14-12-29(13-15-30)21-6-4-3-5-7-21/h3-9,16,18-19,28H,10-15H2,1-2H3. The monoisotopic (exact) mass is 495 g/mol. The van der Waals surface area contributed by atoms with Crippen LogP contribution in [0.2, 0.25) is 0 Å². The number of anilines is 1. The van der Waals surface area contributed by atoms with E-state index in [9.17, 15) is 13.2 Å². The highest BCUT2D eigenvalue weighted by Crippen LogP contribution is 2.39. The normalized spacial score (nSPS) is 17.4. The Morgan fingerprint density at radius 1 is 1.09 bits per heavy atom. The fourth-order valence-electron chi connectivity index (χ4n) is 4.32. The van der Waals surface area contributed by atoms with Gasteiger partial charge in [-0.05, 0) is 50.5 Å². The van der Waals surface area contributed by atoms with Crippen molar-refractivity contribution >= 4 is 21.6 Å². The van der Waals surface area contributed by atoms with Crippen LogP contribution < -0.4 is 9.62 Å². The predicted octanol–water partition coefficient (Wildman–Crippen LogP) is 2.94. The SMILES string of the molecule is Cc1ccc(-c2noc(C3CC3)n2)cc1S(=O)(=O)NC(C)C(=O)N1CCN(c2ccccc2)CC1. The number of benzene rings is 2. The number of carbonyl (C=O) groups is 1. The van der Waals surface area contributed by atoms with Gasteiger partial charge in [0, 0.05) is 43.3 Å². The Morgan fingerprint density at radius 3 is 2.49 bits per heavy atom. The van der Waals surface area contributed by atoms with Crippen molar-refractivity contribution in [2.75, 3.05) is 31.1 Å². The van der Waals surface area contributed by atoms with Gasteiger partial charge in [-0.15, -0.1) is 0 Å². The number of nitrogens with one attached hydrogen (secondary N) is 1. The van der Waals surface area contributed by atoms with Crippen LogP contribution >= 0.6 is 0 Å². The molecule has 0 radical (unpaired) electrons. The maximum atomic E-state index is 13.2. The van der Waals surface area contributed by atoms with Crippen LogP contribution in [-0.4, -0.2) is 61.6 Å². The maximum Gasteiger partial charge on any atom is 0.241 e. The molecule has 1 aliphatic carbocycles. The second kappa shape index (κ2) is 9.43. The summed E-state index contributed by atoms with van der Waals surface area (Å²) in [5.41, 5.74) is 2.25. The summed E-state index contributed by atoms with van der Waals surface area (Å²) >= 11 is 0. The lowest BCUT2D eigenvalue weighted by molar-refractivity contribution is -0.132. The van der Waals surface area contributed by atoms with Crippen molar-refractivity contribution in [3.8, 4) is 11.4 Å². The molecule has 1 aromatic heterocycles. The van der Waals surface area contributed by atoms with Gasteiger partial charge >= 0.3 is 0 Å². The van der Waals surface area contributed by atoms with Crippen LogP contribution in [0.5, 0.6) is 0 Å². The van der Waals surface area contributed by atoms with Gasteiger partial charge in [0.2, 0.25) is 27.6 Å². The highest BCUT2D eigenvalue weighted by atomic mass is 32.2. The van der Waals surface area contributed by atoms with E-state index >= 15 is 0 Å². The summed E-state index contributed by atoms with van der Waals surface area (Å²) in [7, 11) is -3.95. The van der Waals surface area contributed by atoms with Crippen molar-refractivity contribution in [3.63, 3.8) is 0 Å². The van der Waals surface area contributed by atoms with Gasteiger partial charge in [-0.1, -0.05) is 35.5 Å². The summed E-state index contributed by atoms with van der Waals surface area (Å²) < 4.78 is 34.4. The first-order valence-corrected chi connectivity index (χ1v) is 13.4. The van der Waals surface area contributed by atoms with E-state index in [1.165, 1.54) is 6.07 Å². The highest BCUT2D eigenvalue weighted by Gasteiger charge is 2.31. The lowest BCUT2D eigenvalue weighted by Crippen LogP contribution is -2.54. The van der Waals surface area contributed by atoms with E-state index in [0.29, 0.717) is 54.9 Å². The number of hydrogen-bond acceptors (Lipinski definition) is 7. The van der Waals surface area contributed by atoms with Crippen LogP contribution in [-0.2, 0) is 14.8 Å². The minimum atomic E-state index is -3.95. The molecule has 1 aliphatic heterocycles. The molecule has 3 aromatic rings. The minimum Gasteiger partial charge on any atom is -0.368 e.